The molecule has 0 aliphatic heterocycles. The van der Waals surface area contributed by atoms with Gasteiger partial charge in [-0.15, -0.1) is 0 Å². The van der Waals surface area contributed by atoms with Gasteiger partial charge in [0.2, 0.25) is 0 Å². The zero-order valence-electron chi connectivity index (χ0n) is 11.1. The molecule has 1 heterocycles. The van der Waals surface area contributed by atoms with Crippen LogP contribution in [0.4, 0.5) is 0 Å². The standard InChI is InChI=1S/C13H21N3O2S/c1-2-3-6-15-19(17,18)13-8-11-5-4-10(9-14)7-12(11)16-13/h5,7-8,10,15-16H,2-4,6,9,14H2,1H3. The number of H-pyrrole nitrogens is 1. The van der Waals surface area contributed by atoms with Gasteiger partial charge >= 0.3 is 0 Å². The van der Waals surface area contributed by atoms with Gasteiger partial charge in [-0.05, 0) is 36.6 Å². The number of hydrogen-bond donors (Lipinski definition) is 3. The summed E-state index contributed by atoms with van der Waals surface area (Å²) in [4.78, 5) is 2.97. The summed E-state index contributed by atoms with van der Waals surface area (Å²) >= 11 is 0. The first-order valence-corrected chi connectivity index (χ1v) is 8.16. The molecule has 5 nitrogen and oxygen atoms in total. The maximum Gasteiger partial charge on any atom is 0.256 e. The second kappa shape index (κ2) is 5.90. The molecule has 1 aliphatic carbocycles. The Morgan fingerprint density at radius 1 is 1.53 bits per heavy atom. The third-order valence-corrected chi connectivity index (χ3v) is 4.70. The average molecular weight is 283 g/mol. The van der Waals surface area contributed by atoms with Crippen LogP contribution < -0.4 is 21.0 Å². The van der Waals surface area contributed by atoms with Crippen LogP contribution in [0.3, 0.4) is 0 Å². The minimum absolute atomic E-state index is 0.235. The summed E-state index contributed by atoms with van der Waals surface area (Å²) in [6, 6.07) is 1.69. The van der Waals surface area contributed by atoms with Crippen molar-refractivity contribution in [2.75, 3.05) is 13.1 Å². The van der Waals surface area contributed by atoms with Gasteiger partial charge in [0.05, 0.1) is 0 Å². The highest BCUT2D eigenvalue weighted by Gasteiger charge is 2.16. The Bertz CT molecular complexity index is 646. The van der Waals surface area contributed by atoms with E-state index in [-0.39, 0.29) is 10.9 Å². The lowest BCUT2D eigenvalue weighted by Gasteiger charge is -2.08. The van der Waals surface area contributed by atoms with Gasteiger partial charge in [0.15, 0.2) is 0 Å². The van der Waals surface area contributed by atoms with Crippen LogP contribution in [-0.4, -0.2) is 26.5 Å². The van der Waals surface area contributed by atoms with E-state index in [9.17, 15) is 8.42 Å². The molecule has 106 valence electrons. The molecule has 4 N–H and O–H groups in total. The Labute approximate surface area is 113 Å². The summed E-state index contributed by atoms with van der Waals surface area (Å²) in [5.41, 5.74) is 5.64. The predicted octanol–water partition coefficient (Wildman–Crippen LogP) is -0.367. The number of sulfonamides is 1. The van der Waals surface area contributed by atoms with Gasteiger partial charge in [-0.2, -0.15) is 0 Å². The zero-order valence-corrected chi connectivity index (χ0v) is 12.0. The van der Waals surface area contributed by atoms with Crippen molar-refractivity contribution in [2.24, 2.45) is 11.7 Å². The molecule has 0 fully saturated rings. The molecule has 1 aromatic rings. The molecule has 0 bridgehead atoms. The van der Waals surface area contributed by atoms with E-state index in [1.165, 1.54) is 0 Å². The second-order valence-electron chi connectivity index (χ2n) is 4.86. The number of nitrogens with two attached hydrogens (primary N) is 1. The zero-order chi connectivity index (χ0) is 13.9. The summed E-state index contributed by atoms with van der Waals surface area (Å²) in [5, 5.41) is 2.04. The number of nitrogens with one attached hydrogen (secondary N) is 2. The molecule has 0 amide bonds. The number of unbranched alkanes of at least 4 members (excludes halogenated alkanes) is 1. The quantitative estimate of drug-likeness (QED) is 0.623. The molecule has 0 spiro atoms. The van der Waals surface area contributed by atoms with E-state index in [4.69, 9.17) is 5.73 Å². The summed E-state index contributed by atoms with van der Waals surface area (Å²) in [6.07, 6.45) is 6.72. The van der Waals surface area contributed by atoms with Crippen LogP contribution >= 0.6 is 0 Å². The van der Waals surface area contributed by atoms with Crippen LogP contribution in [0.1, 0.15) is 26.2 Å². The maximum absolute atomic E-state index is 12.1. The number of fused-ring (bicyclic) bond motifs is 1. The first-order chi connectivity index (χ1) is 9.06. The number of rotatable bonds is 6. The first kappa shape index (κ1) is 14.3. The fourth-order valence-electron chi connectivity index (χ4n) is 2.12. The van der Waals surface area contributed by atoms with Gasteiger partial charge < -0.3 is 10.7 Å². The van der Waals surface area contributed by atoms with Gasteiger partial charge in [-0.1, -0.05) is 25.5 Å². The van der Waals surface area contributed by atoms with Crippen molar-refractivity contribution in [1.29, 1.82) is 0 Å². The lowest BCUT2D eigenvalue weighted by atomic mass is 10.0. The van der Waals surface area contributed by atoms with E-state index < -0.39 is 10.0 Å². The molecule has 2 rings (SSSR count). The van der Waals surface area contributed by atoms with Crippen LogP contribution in [0.15, 0.2) is 11.1 Å². The van der Waals surface area contributed by atoms with E-state index in [0.717, 1.165) is 29.8 Å². The number of aromatic nitrogens is 1. The highest BCUT2D eigenvalue weighted by molar-refractivity contribution is 7.89. The van der Waals surface area contributed by atoms with Crippen LogP contribution in [0, 0.1) is 5.92 Å². The Kier molecular flexibility index (Phi) is 4.44. The fourth-order valence-corrected chi connectivity index (χ4v) is 3.21. The first-order valence-electron chi connectivity index (χ1n) is 6.67. The molecule has 1 atom stereocenters. The van der Waals surface area contributed by atoms with Gasteiger partial charge in [-0.25, -0.2) is 13.1 Å². The van der Waals surface area contributed by atoms with Gasteiger partial charge in [0.25, 0.3) is 10.0 Å². The van der Waals surface area contributed by atoms with Gasteiger partial charge in [0, 0.05) is 11.9 Å². The molecule has 1 aromatic heterocycles. The van der Waals surface area contributed by atoms with Crippen LogP contribution in [0.5, 0.6) is 0 Å². The van der Waals surface area contributed by atoms with Crippen molar-refractivity contribution >= 4 is 22.2 Å². The highest BCUT2D eigenvalue weighted by Crippen LogP contribution is 2.07. The van der Waals surface area contributed by atoms with Crippen LogP contribution in [0.25, 0.3) is 12.2 Å². The van der Waals surface area contributed by atoms with Crippen molar-refractivity contribution in [3.8, 4) is 0 Å². The summed E-state index contributed by atoms with van der Waals surface area (Å²) < 4.78 is 26.8. The minimum Gasteiger partial charge on any atom is -0.345 e. The number of aromatic amines is 1. The third kappa shape index (κ3) is 3.26. The fraction of sp³-hybridized carbons (Fsp3) is 0.538. The smallest absolute Gasteiger partial charge is 0.256 e. The molecule has 0 saturated heterocycles. The number of hydrogen-bond acceptors (Lipinski definition) is 3. The normalized spacial score (nSPS) is 18.5. The second-order valence-corrected chi connectivity index (χ2v) is 6.59. The summed E-state index contributed by atoms with van der Waals surface area (Å²) in [5.74, 6) is 0.287. The molecular formula is C13H21N3O2S. The molecular weight excluding hydrogens is 262 g/mol. The third-order valence-electron chi connectivity index (χ3n) is 3.31. The van der Waals surface area contributed by atoms with Gasteiger partial charge in [0.1, 0.15) is 5.03 Å². The monoisotopic (exact) mass is 283 g/mol. The van der Waals surface area contributed by atoms with E-state index in [1.54, 1.807) is 6.07 Å². The molecule has 6 heteroatoms. The van der Waals surface area contributed by atoms with Crippen molar-refractivity contribution < 1.29 is 8.42 Å². The Morgan fingerprint density at radius 2 is 2.32 bits per heavy atom. The van der Waals surface area contributed by atoms with Crippen LogP contribution in [-0.2, 0) is 10.0 Å². The van der Waals surface area contributed by atoms with E-state index >= 15 is 0 Å². The summed E-state index contributed by atoms with van der Waals surface area (Å²) in [6.45, 7) is 3.08. The van der Waals surface area contributed by atoms with Crippen molar-refractivity contribution in [3.63, 3.8) is 0 Å². The highest BCUT2D eigenvalue weighted by atomic mass is 32.2. The molecule has 0 radical (unpaired) electrons. The minimum atomic E-state index is -3.43. The van der Waals surface area contributed by atoms with E-state index in [0.29, 0.717) is 13.1 Å². The van der Waals surface area contributed by atoms with Crippen molar-refractivity contribution in [2.45, 2.75) is 31.2 Å². The van der Waals surface area contributed by atoms with E-state index in [1.807, 2.05) is 19.1 Å². The maximum atomic E-state index is 12.1. The van der Waals surface area contributed by atoms with Gasteiger partial charge in [-0.3, -0.25) is 0 Å². The average Bonchev–Trinajstić information content (AvgIpc) is 2.82. The molecule has 1 aliphatic rings. The lowest BCUT2D eigenvalue weighted by molar-refractivity contribution is 0.575. The van der Waals surface area contributed by atoms with Crippen molar-refractivity contribution in [3.05, 3.63) is 16.6 Å². The Balaban J connectivity index is 2.27. The van der Waals surface area contributed by atoms with Crippen molar-refractivity contribution in [1.82, 2.24) is 9.71 Å². The SMILES string of the molecule is CCCCNS(=O)(=O)c1cc2c([nH]1)=CC(CN)CC=2. The molecule has 0 aromatic carbocycles. The Morgan fingerprint density at radius 3 is 3.00 bits per heavy atom. The molecule has 19 heavy (non-hydrogen) atoms. The Hall–Kier alpha value is -1.11. The largest absolute Gasteiger partial charge is 0.345 e. The predicted molar refractivity (Wildman–Crippen MR) is 76.2 cm³/mol. The van der Waals surface area contributed by atoms with E-state index in [2.05, 4.69) is 9.71 Å². The topological polar surface area (TPSA) is 88.0 Å². The van der Waals surface area contributed by atoms with Crippen LogP contribution in [0.2, 0.25) is 0 Å². The lowest BCUT2D eigenvalue weighted by Crippen LogP contribution is -2.29. The summed E-state index contributed by atoms with van der Waals surface area (Å²) in [7, 11) is -3.43. The molecule has 1 unspecified atom stereocenters. The molecule has 0 saturated carbocycles.